The van der Waals surface area contributed by atoms with Crippen molar-refractivity contribution in [3.63, 3.8) is 0 Å². The summed E-state index contributed by atoms with van der Waals surface area (Å²) < 4.78 is 0. The van der Waals surface area contributed by atoms with Crippen LogP contribution in [0.5, 0.6) is 0 Å². The number of benzene rings is 1. The van der Waals surface area contributed by atoms with E-state index in [-0.39, 0.29) is 17.2 Å². The molecule has 1 heterocycles. The summed E-state index contributed by atoms with van der Waals surface area (Å²) in [4.78, 5) is 2.23. The molecule has 0 atom stereocenters. The van der Waals surface area contributed by atoms with E-state index in [9.17, 15) is 5.11 Å². The highest BCUT2D eigenvalue weighted by molar-refractivity contribution is 7.80. The summed E-state index contributed by atoms with van der Waals surface area (Å²) in [5.74, 6) is 0. The molecule has 3 nitrogen and oxygen atoms in total. The molecular formula is C16H24N2OS. The minimum atomic E-state index is -0.268. The molecule has 1 aliphatic heterocycles. The van der Waals surface area contributed by atoms with E-state index in [1.165, 1.54) is 0 Å². The van der Waals surface area contributed by atoms with E-state index in [1.807, 2.05) is 30.3 Å². The topological polar surface area (TPSA) is 35.5 Å². The van der Waals surface area contributed by atoms with Gasteiger partial charge in [-0.1, -0.05) is 18.2 Å². The molecule has 2 rings (SSSR count). The third-order valence-corrected chi connectivity index (χ3v) is 4.19. The first kappa shape index (κ1) is 15.3. The lowest BCUT2D eigenvalue weighted by atomic mass is 9.78. The molecule has 20 heavy (non-hydrogen) atoms. The van der Waals surface area contributed by atoms with Gasteiger partial charge in [0.1, 0.15) is 0 Å². The van der Waals surface area contributed by atoms with Crippen molar-refractivity contribution in [3.05, 3.63) is 30.3 Å². The van der Waals surface area contributed by atoms with Gasteiger partial charge in [0.25, 0.3) is 0 Å². The smallest absolute Gasteiger partial charge is 0.174 e. The maximum Gasteiger partial charge on any atom is 0.174 e. The molecule has 2 N–H and O–H groups in total. The van der Waals surface area contributed by atoms with Crippen LogP contribution >= 0.6 is 12.2 Å². The Bertz CT molecular complexity index is 467. The van der Waals surface area contributed by atoms with Gasteiger partial charge in [0.15, 0.2) is 5.11 Å². The number of likely N-dealkylation sites (tertiary alicyclic amines) is 1. The molecule has 0 aliphatic carbocycles. The molecule has 4 heteroatoms. The lowest BCUT2D eigenvalue weighted by Gasteiger charge is -2.55. The zero-order valence-electron chi connectivity index (χ0n) is 12.7. The average Bonchev–Trinajstić information content (AvgIpc) is 2.25. The van der Waals surface area contributed by atoms with Gasteiger partial charge in [0, 0.05) is 16.8 Å². The van der Waals surface area contributed by atoms with Gasteiger partial charge in [-0.05, 0) is 64.9 Å². The summed E-state index contributed by atoms with van der Waals surface area (Å²) >= 11 is 5.63. The number of anilines is 1. The van der Waals surface area contributed by atoms with Crippen molar-refractivity contribution >= 4 is 23.0 Å². The molecular weight excluding hydrogens is 268 g/mol. The number of nitrogens with one attached hydrogen (secondary N) is 1. The first-order valence-electron chi connectivity index (χ1n) is 7.07. The predicted octanol–water partition coefficient (Wildman–Crippen LogP) is 3.40. The highest BCUT2D eigenvalue weighted by atomic mass is 32.1. The molecule has 0 spiro atoms. The van der Waals surface area contributed by atoms with Gasteiger partial charge < -0.3 is 15.3 Å². The lowest BCUT2D eigenvalue weighted by molar-refractivity contribution is -0.0342. The number of hydrogen-bond donors (Lipinski definition) is 2. The molecule has 1 aromatic rings. The Hall–Kier alpha value is -1.13. The Labute approximate surface area is 127 Å². The molecule has 1 aliphatic rings. The Balaban J connectivity index is 2.22. The van der Waals surface area contributed by atoms with Crippen molar-refractivity contribution in [2.45, 2.75) is 57.7 Å². The summed E-state index contributed by atoms with van der Waals surface area (Å²) in [6.07, 6.45) is 1.19. The molecule has 0 bridgehead atoms. The molecule has 0 radical (unpaired) electrons. The highest BCUT2D eigenvalue weighted by Gasteiger charge is 2.46. The molecule has 1 saturated heterocycles. The van der Waals surface area contributed by atoms with E-state index in [2.05, 4.69) is 37.9 Å². The molecule has 110 valence electrons. The van der Waals surface area contributed by atoms with Gasteiger partial charge in [-0.25, -0.2) is 0 Å². The van der Waals surface area contributed by atoms with Crippen molar-refractivity contribution < 1.29 is 5.11 Å². The van der Waals surface area contributed by atoms with E-state index in [1.54, 1.807) is 0 Å². The van der Waals surface area contributed by atoms with Crippen LogP contribution in [0, 0.1) is 0 Å². The Morgan fingerprint density at radius 2 is 1.65 bits per heavy atom. The summed E-state index contributed by atoms with van der Waals surface area (Å²) in [5, 5.41) is 14.1. The van der Waals surface area contributed by atoms with Crippen molar-refractivity contribution in [2.75, 3.05) is 5.32 Å². The monoisotopic (exact) mass is 292 g/mol. The number of rotatable bonds is 1. The van der Waals surface area contributed by atoms with Crippen LogP contribution in [0.2, 0.25) is 0 Å². The Morgan fingerprint density at radius 1 is 1.15 bits per heavy atom. The van der Waals surface area contributed by atoms with Gasteiger partial charge >= 0.3 is 0 Å². The zero-order valence-corrected chi connectivity index (χ0v) is 13.5. The average molecular weight is 292 g/mol. The number of aliphatic hydroxyl groups excluding tert-OH is 1. The molecule has 0 unspecified atom stereocenters. The van der Waals surface area contributed by atoms with Crippen LogP contribution in [0.1, 0.15) is 40.5 Å². The summed E-state index contributed by atoms with van der Waals surface area (Å²) in [5.41, 5.74) is 0.662. The third-order valence-electron chi connectivity index (χ3n) is 3.91. The Morgan fingerprint density at radius 3 is 2.15 bits per heavy atom. The van der Waals surface area contributed by atoms with Crippen molar-refractivity contribution in [2.24, 2.45) is 0 Å². The molecule has 1 fully saturated rings. The maximum absolute atomic E-state index is 10.1. The van der Waals surface area contributed by atoms with Gasteiger partial charge in [0.2, 0.25) is 0 Å². The van der Waals surface area contributed by atoms with Crippen LogP contribution in [-0.4, -0.2) is 32.3 Å². The van der Waals surface area contributed by atoms with E-state index in [0.29, 0.717) is 0 Å². The first-order valence-corrected chi connectivity index (χ1v) is 7.48. The SMILES string of the molecule is CC1(C)CC(O)CC(C)(C)N1C(=S)Nc1ccccc1. The number of hydrogen-bond acceptors (Lipinski definition) is 2. The molecule has 0 saturated carbocycles. The lowest BCUT2D eigenvalue weighted by Crippen LogP contribution is -2.64. The second kappa shape index (κ2) is 5.34. The van der Waals surface area contributed by atoms with Gasteiger partial charge in [-0.2, -0.15) is 0 Å². The minimum absolute atomic E-state index is 0.167. The van der Waals surface area contributed by atoms with E-state index < -0.39 is 0 Å². The first-order chi connectivity index (χ1) is 9.22. The summed E-state index contributed by atoms with van der Waals surface area (Å²) in [6, 6.07) is 9.97. The standard InChI is InChI=1S/C16H24N2OS/c1-15(2)10-13(19)11-16(3,4)18(15)14(20)17-12-8-6-5-7-9-12/h5-9,13,19H,10-11H2,1-4H3,(H,17,20). The minimum Gasteiger partial charge on any atom is -0.393 e. The molecule has 0 aromatic heterocycles. The van der Waals surface area contributed by atoms with Crippen LogP contribution in [0.3, 0.4) is 0 Å². The second-order valence-corrected chi connectivity index (χ2v) is 7.21. The largest absolute Gasteiger partial charge is 0.393 e. The zero-order chi connectivity index (χ0) is 15.0. The number of piperidine rings is 1. The second-order valence-electron chi connectivity index (χ2n) is 6.82. The molecule has 1 aromatic carbocycles. The van der Waals surface area contributed by atoms with Crippen molar-refractivity contribution in [3.8, 4) is 0 Å². The number of thiocarbonyl (C=S) groups is 1. The van der Waals surface area contributed by atoms with E-state index in [0.717, 1.165) is 23.6 Å². The summed E-state index contributed by atoms with van der Waals surface area (Å²) in [7, 11) is 0. The fraction of sp³-hybridized carbons (Fsp3) is 0.562. The number of para-hydroxylation sites is 1. The predicted molar refractivity (Wildman–Crippen MR) is 87.9 cm³/mol. The maximum atomic E-state index is 10.1. The summed E-state index contributed by atoms with van der Waals surface area (Å²) in [6.45, 7) is 8.54. The number of nitrogens with zero attached hydrogens (tertiary/aromatic N) is 1. The van der Waals surface area contributed by atoms with Crippen molar-refractivity contribution in [1.29, 1.82) is 0 Å². The fourth-order valence-electron chi connectivity index (χ4n) is 3.48. The number of aliphatic hydroxyl groups is 1. The van der Waals surface area contributed by atoms with Crippen LogP contribution in [0.25, 0.3) is 0 Å². The van der Waals surface area contributed by atoms with E-state index >= 15 is 0 Å². The van der Waals surface area contributed by atoms with Gasteiger partial charge in [-0.3, -0.25) is 0 Å². The fourth-order valence-corrected chi connectivity index (χ4v) is 4.09. The Kier molecular flexibility index (Phi) is 4.07. The normalized spacial score (nSPS) is 21.6. The van der Waals surface area contributed by atoms with Gasteiger partial charge in [0.05, 0.1) is 6.10 Å². The van der Waals surface area contributed by atoms with Crippen molar-refractivity contribution in [1.82, 2.24) is 4.90 Å². The van der Waals surface area contributed by atoms with Crippen LogP contribution in [0.4, 0.5) is 5.69 Å². The van der Waals surface area contributed by atoms with Crippen LogP contribution in [0.15, 0.2) is 30.3 Å². The highest BCUT2D eigenvalue weighted by Crippen LogP contribution is 2.38. The van der Waals surface area contributed by atoms with Crippen LogP contribution < -0.4 is 5.32 Å². The van der Waals surface area contributed by atoms with Gasteiger partial charge in [-0.15, -0.1) is 0 Å². The van der Waals surface area contributed by atoms with E-state index in [4.69, 9.17) is 12.2 Å². The molecule has 0 amide bonds. The van der Waals surface area contributed by atoms with Crippen LogP contribution in [-0.2, 0) is 0 Å². The quantitative estimate of drug-likeness (QED) is 0.778. The third kappa shape index (κ3) is 3.13.